The summed E-state index contributed by atoms with van der Waals surface area (Å²) < 4.78 is 0. The van der Waals surface area contributed by atoms with E-state index in [9.17, 15) is 4.79 Å². The molecule has 0 aliphatic heterocycles. The van der Waals surface area contributed by atoms with Gasteiger partial charge >= 0.3 is 5.97 Å². The lowest BCUT2D eigenvalue weighted by molar-refractivity contribution is -0.137. The molecule has 3 nitrogen and oxygen atoms in total. The van der Waals surface area contributed by atoms with Gasteiger partial charge in [0, 0.05) is 6.42 Å². The molecule has 0 aromatic heterocycles. The molecule has 0 spiro atoms. The molecule has 0 aromatic rings. The molecular weight excluding hydrogens is 298 g/mol. The molecule has 0 atom stereocenters. The third kappa shape index (κ3) is 33.1. The number of rotatable bonds is 15. The van der Waals surface area contributed by atoms with E-state index in [4.69, 9.17) is 5.11 Å². The molecule has 0 aliphatic carbocycles. The van der Waals surface area contributed by atoms with Crippen LogP contribution in [0.15, 0.2) is 0 Å². The Morgan fingerprint density at radius 2 is 1.00 bits per heavy atom. The number of unbranched alkanes of at least 4 members (excludes halogenated alkanes) is 11. The van der Waals surface area contributed by atoms with Crippen LogP contribution in [0.25, 0.3) is 0 Å². The fraction of sp³-hybridized carbons (Fsp3) is 0.952. The van der Waals surface area contributed by atoms with Gasteiger partial charge in [-0.3, -0.25) is 4.79 Å². The van der Waals surface area contributed by atoms with Crippen molar-refractivity contribution in [3.05, 3.63) is 0 Å². The Morgan fingerprint density at radius 3 is 1.29 bits per heavy atom. The lowest BCUT2D eigenvalue weighted by Gasteiger charge is -2.04. The summed E-state index contributed by atoms with van der Waals surface area (Å²) in [4.78, 5) is 12.3. The van der Waals surface area contributed by atoms with Crippen molar-refractivity contribution in [2.24, 2.45) is 5.92 Å². The van der Waals surface area contributed by atoms with Gasteiger partial charge in [-0.2, -0.15) is 0 Å². The second-order valence-corrected chi connectivity index (χ2v) is 7.91. The average Bonchev–Trinajstić information content (AvgIpc) is 2.46. The Labute approximate surface area is 152 Å². The summed E-state index contributed by atoms with van der Waals surface area (Å²) in [6, 6.07) is 0. The Kier molecular flexibility index (Phi) is 21.9. The van der Waals surface area contributed by atoms with Crippen LogP contribution in [-0.4, -0.2) is 37.1 Å². The summed E-state index contributed by atoms with van der Waals surface area (Å²) >= 11 is 0. The summed E-state index contributed by atoms with van der Waals surface area (Å²) in [5.74, 6) is 0.212. The number of nitrogens with zero attached hydrogens (tertiary/aromatic N) is 1. The van der Waals surface area contributed by atoms with E-state index >= 15 is 0 Å². The van der Waals surface area contributed by atoms with Crippen LogP contribution >= 0.6 is 0 Å². The van der Waals surface area contributed by atoms with E-state index in [1.807, 2.05) is 26.0 Å². The SMILES string of the molecule is CC(C)CCCCCCCCCCCCCCC(=O)O.CN(C)C. The fourth-order valence-electron chi connectivity index (χ4n) is 2.60. The number of hydrogen-bond donors (Lipinski definition) is 1. The second kappa shape index (κ2) is 20.5. The van der Waals surface area contributed by atoms with Gasteiger partial charge < -0.3 is 10.0 Å². The monoisotopic (exact) mass is 343 g/mol. The van der Waals surface area contributed by atoms with Gasteiger partial charge in [0.25, 0.3) is 0 Å². The smallest absolute Gasteiger partial charge is 0.303 e. The Hall–Kier alpha value is -0.570. The molecule has 0 amide bonds. The normalized spacial score (nSPS) is 10.8. The van der Waals surface area contributed by atoms with Crippen molar-refractivity contribution >= 4 is 5.97 Å². The zero-order chi connectivity index (χ0) is 18.6. The highest BCUT2D eigenvalue weighted by molar-refractivity contribution is 5.66. The van der Waals surface area contributed by atoms with Gasteiger partial charge in [-0.25, -0.2) is 0 Å². The minimum absolute atomic E-state index is 0.344. The molecule has 146 valence electrons. The maximum Gasteiger partial charge on any atom is 0.303 e. The van der Waals surface area contributed by atoms with Crippen LogP contribution in [0.3, 0.4) is 0 Å². The third-order valence-corrected chi connectivity index (χ3v) is 3.92. The van der Waals surface area contributed by atoms with E-state index in [0.29, 0.717) is 6.42 Å². The molecule has 0 aliphatic rings. The van der Waals surface area contributed by atoms with Crippen molar-refractivity contribution in [1.29, 1.82) is 0 Å². The average molecular weight is 344 g/mol. The largest absolute Gasteiger partial charge is 0.481 e. The predicted octanol–water partition coefficient (Wildman–Crippen LogP) is 6.37. The zero-order valence-electron chi connectivity index (χ0n) is 17.3. The molecule has 0 fully saturated rings. The Bertz CT molecular complexity index is 249. The first-order valence-corrected chi connectivity index (χ1v) is 10.2. The molecule has 0 rings (SSSR count). The molecule has 1 N–H and O–H groups in total. The van der Waals surface area contributed by atoms with Gasteiger partial charge in [-0.05, 0) is 33.5 Å². The highest BCUT2D eigenvalue weighted by atomic mass is 16.4. The summed E-state index contributed by atoms with van der Waals surface area (Å²) in [7, 11) is 6.00. The van der Waals surface area contributed by atoms with Gasteiger partial charge in [0.1, 0.15) is 0 Å². The van der Waals surface area contributed by atoms with Crippen molar-refractivity contribution in [2.45, 2.75) is 104 Å². The van der Waals surface area contributed by atoms with E-state index in [-0.39, 0.29) is 0 Å². The van der Waals surface area contributed by atoms with Crippen molar-refractivity contribution in [2.75, 3.05) is 21.1 Å². The number of aliphatic carboxylic acids is 1. The predicted molar refractivity (Wildman–Crippen MR) is 107 cm³/mol. The molecule has 0 heterocycles. The fourth-order valence-corrected chi connectivity index (χ4v) is 2.60. The van der Waals surface area contributed by atoms with Gasteiger partial charge in [0.2, 0.25) is 0 Å². The van der Waals surface area contributed by atoms with Crippen LogP contribution in [0.2, 0.25) is 0 Å². The van der Waals surface area contributed by atoms with E-state index in [0.717, 1.165) is 18.8 Å². The molecule has 0 saturated heterocycles. The van der Waals surface area contributed by atoms with Gasteiger partial charge in [0.15, 0.2) is 0 Å². The molecule has 0 saturated carbocycles. The van der Waals surface area contributed by atoms with Gasteiger partial charge in [-0.1, -0.05) is 90.9 Å². The highest BCUT2D eigenvalue weighted by Gasteiger charge is 1.97. The molecule has 0 radical (unpaired) electrons. The number of carboxylic acids is 1. The zero-order valence-corrected chi connectivity index (χ0v) is 17.3. The van der Waals surface area contributed by atoms with E-state index in [1.165, 1.54) is 70.6 Å². The van der Waals surface area contributed by atoms with Crippen molar-refractivity contribution in [3.63, 3.8) is 0 Å². The number of hydrogen-bond acceptors (Lipinski definition) is 2. The molecule has 0 unspecified atom stereocenters. The second-order valence-electron chi connectivity index (χ2n) is 7.91. The number of carboxylic acid groups (broad SMARTS) is 1. The maximum atomic E-state index is 10.3. The summed E-state index contributed by atoms with van der Waals surface area (Å²) in [6.45, 7) is 4.61. The Balaban J connectivity index is 0. The van der Waals surface area contributed by atoms with E-state index in [1.54, 1.807) is 0 Å². The standard InChI is InChI=1S/C18H36O2.C3H9N/c1-17(2)15-13-11-9-7-5-3-4-6-8-10-12-14-16-18(19)20;1-4(2)3/h17H,3-16H2,1-2H3,(H,19,20);1-3H3. The minimum atomic E-state index is -0.654. The lowest BCUT2D eigenvalue weighted by Crippen LogP contribution is -1.99. The van der Waals surface area contributed by atoms with Crippen molar-refractivity contribution in [3.8, 4) is 0 Å². The summed E-state index contributed by atoms with van der Waals surface area (Å²) in [5, 5.41) is 8.52. The van der Waals surface area contributed by atoms with Gasteiger partial charge in [-0.15, -0.1) is 0 Å². The van der Waals surface area contributed by atoms with Crippen LogP contribution in [0, 0.1) is 5.92 Å². The van der Waals surface area contributed by atoms with E-state index in [2.05, 4.69) is 13.8 Å². The van der Waals surface area contributed by atoms with Crippen LogP contribution < -0.4 is 0 Å². The van der Waals surface area contributed by atoms with Gasteiger partial charge in [0.05, 0.1) is 0 Å². The molecule has 0 aromatic carbocycles. The van der Waals surface area contributed by atoms with Crippen molar-refractivity contribution < 1.29 is 9.90 Å². The van der Waals surface area contributed by atoms with Crippen molar-refractivity contribution in [1.82, 2.24) is 4.90 Å². The molecule has 24 heavy (non-hydrogen) atoms. The molecule has 3 heteroatoms. The third-order valence-electron chi connectivity index (χ3n) is 3.92. The lowest BCUT2D eigenvalue weighted by atomic mass is 10.0. The van der Waals surface area contributed by atoms with Crippen LogP contribution in [0.4, 0.5) is 0 Å². The van der Waals surface area contributed by atoms with Crippen LogP contribution in [0.5, 0.6) is 0 Å². The first-order valence-electron chi connectivity index (χ1n) is 10.2. The minimum Gasteiger partial charge on any atom is -0.481 e. The summed E-state index contributed by atoms with van der Waals surface area (Å²) in [6.07, 6.45) is 17.3. The highest BCUT2D eigenvalue weighted by Crippen LogP contribution is 2.14. The topological polar surface area (TPSA) is 40.5 Å². The van der Waals surface area contributed by atoms with Crippen LogP contribution in [-0.2, 0) is 4.79 Å². The first kappa shape index (κ1) is 25.7. The Morgan fingerprint density at radius 1 is 0.708 bits per heavy atom. The molecule has 0 bridgehead atoms. The van der Waals surface area contributed by atoms with E-state index < -0.39 is 5.97 Å². The number of carbonyl (C=O) groups is 1. The quantitative estimate of drug-likeness (QED) is 0.351. The first-order chi connectivity index (χ1) is 11.4. The molecular formula is C21H45NO2. The summed E-state index contributed by atoms with van der Waals surface area (Å²) in [5.41, 5.74) is 0. The van der Waals surface area contributed by atoms with Crippen LogP contribution in [0.1, 0.15) is 104 Å². The maximum absolute atomic E-state index is 10.3.